The molecule has 2 N–H and O–H groups in total. The Morgan fingerprint density at radius 2 is 1.76 bits per heavy atom. The van der Waals surface area contributed by atoms with Crippen molar-refractivity contribution in [1.82, 2.24) is 14.7 Å². The van der Waals surface area contributed by atoms with Gasteiger partial charge in [-0.25, -0.2) is 4.79 Å². The van der Waals surface area contributed by atoms with Gasteiger partial charge in [-0.05, 0) is 31.2 Å². The Balaban J connectivity index is 1.47. The molecule has 1 aromatic carbocycles. The van der Waals surface area contributed by atoms with Crippen molar-refractivity contribution in [1.29, 1.82) is 0 Å². The van der Waals surface area contributed by atoms with Crippen molar-refractivity contribution in [2.24, 2.45) is 5.73 Å². The molecule has 0 spiro atoms. The van der Waals surface area contributed by atoms with Gasteiger partial charge in [-0.2, -0.15) is 0 Å². The third kappa shape index (κ3) is 5.47. The summed E-state index contributed by atoms with van der Waals surface area (Å²) in [7, 11) is 0. The Morgan fingerprint density at radius 3 is 2.45 bits per heavy atom. The van der Waals surface area contributed by atoms with Crippen molar-refractivity contribution in [3.8, 4) is 0 Å². The van der Waals surface area contributed by atoms with Crippen LogP contribution in [0.4, 0.5) is 4.79 Å². The zero-order valence-corrected chi connectivity index (χ0v) is 19.1. The highest BCUT2D eigenvalue weighted by atomic mass is 16.6. The van der Waals surface area contributed by atoms with Gasteiger partial charge in [-0.15, -0.1) is 0 Å². The average Bonchev–Trinajstić information content (AvgIpc) is 3.56. The van der Waals surface area contributed by atoms with E-state index in [2.05, 4.69) is 0 Å². The molecule has 33 heavy (non-hydrogen) atoms. The Morgan fingerprint density at radius 1 is 1.06 bits per heavy atom. The van der Waals surface area contributed by atoms with Gasteiger partial charge in [0.15, 0.2) is 6.17 Å². The molecule has 9 nitrogen and oxygen atoms in total. The average molecular weight is 459 g/mol. The predicted octanol–water partition coefficient (Wildman–Crippen LogP) is 2.05. The minimum atomic E-state index is -1.05. The van der Waals surface area contributed by atoms with Crippen LogP contribution in [-0.2, 0) is 25.7 Å². The van der Waals surface area contributed by atoms with Crippen molar-refractivity contribution in [3.63, 3.8) is 0 Å². The highest BCUT2D eigenvalue weighted by Gasteiger charge is 2.44. The number of rotatable bonds is 6. The summed E-state index contributed by atoms with van der Waals surface area (Å²) in [5, 5.41) is 0. The van der Waals surface area contributed by atoms with E-state index >= 15 is 0 Å². The molecule has 3 fully saturated rings. The number of likely N-dealkylation sites (tertiary alicyclic amines) is 1. The molecule has 1 aliphatic carbocycles. The first-order valence-electron chi connectivity index (χ1n) is 12.0. The van der Waals surface area contributed by atoms with E-state index < -0.39 is 18.3 Å². The van der Waals surface area contributed by atoms with Gasteiger partial charge in [-0.1, -0.05) is 49.6 Å². The molecule has 9 heteroatoms. The molecule has 3 aliphatic rings. The highest BCUT2D eigenvalue weighted by molar-refractivity contribution is 5.91. The fourth-order valence-corrected chi connectivity index (χ4v) is 4.95. The lowest BCUT2D eigenvalue weighted by Gasteiger charge is -2.40. The Bertz CT molecular complexity index is 823. The number of hydrogen-bond donors (Lipinski definition) is 1. The first-order chi connectivity index (χ1) is 16.1. The first kappa shape index (κ1) is 23.5. The topological polar surface area (TPSA) is 105 Å². The molecule has 1 saturated carbocycles. The normalized spacial score (nSPS) is 22.3. The molecular weight excluding hydrogens is 424 g/mol. The van der Waals surface area contributed by atoms with Gasteiger partial charge in [0, 0.05) is 19.1 Å². The van der Waals surface area contributed by atoms with Gasteiger partial charge in [0.05, 0.1) is 6.61 Å². The number of benzene rings is 1. The maximum Gasteiger partial charge on any atom is 0.412 e. The molecule has 1 unspecified atom stereocenters. The maximum atomic E-state index is 13.7. The molecular formula is C24H34N4O5. The zero-order chi connectivity index (χ0) is 23.2. The van der Waals surface area contributed by atoms with Crippen LogP contribution in [0.15, 0.2) is 30.3 Å². The van der Waals surface area contributed by atoms with Crippen LogP contribution in [0.2, 0.25) is 0 Å². The molecule has 3 amide bonds. The Labute approximate surface area is 194 Å². The van der Waals surface area contributed by atoms with Crippen LogP contribution in [0.1, 0.15) is 50.5 Å². The minimum absolute atomic E-state index is 0.0299. The minimum Gasteiger partial charge on any atom is -0.444 e. The standard InChI is InChI=1S/C24H34N4O5/c25-21(23(30)26-13-7-8-14-26)28(19-11-5-2-6-12-19)22(29)20-16-32-17-27(20)24(31)33-15-18-9-3-1-4-10-18/h1,3-4,9-10,19-21H,2,5-8,11-17,25H2/t20?,21-/m0/s1. The van der Waals surface area contributed by atoms with E-state index in [1.807, 2.05) is 30.3 Å². The largest absolute Gasteiger partial charge is 0.444 e. The number of ether oxygens (including phenoxy) is 2. The lowest BCUT2D eigenvalue weighted by molar-refractivity contribution is -0.150. The van der Waals surface area contributed by atoms with Gasteiger partial charge in [0.1, 0.15) is 19.4 Å². The summed E-state index contributed by atoms with van der Waals surface area (Å²) in [6, 6.07) is 8.39. The predicted molar refractivity (Wildman–Crippen MR) is 121 cm³/mol. The molecule has 2 aliphatic heterocycles. The van der Waals surface area contributed by atoms with Gasteiger partial charge in [0.25, 0.3) is 5.91 Å². The number of hydrogen-bond acceptors (Lipinski definition) is 6. The van der Waals surface area contributed by atoms with Gasteiger partial charge < -0.3 is 25.0 Å². The summed E-state index contributed by atoms with van der Waals surface area (Å²) in [6.45, 7) is 1.48. The summed E-state index contributed by atoms with van der Waals surface area (Å²) in [5.41, 5.74) is 7.29. The quantitative estimate of drug-likeness (QED) is 0.654. The fraction of sp³-hybridized carbons (Fsp3) is 0.625. The molecule has 4 rings (SSSR count). The summed E-state index contributed by atoms with van der Waals surface area (Å²) in [6.07, 6.45) is 4.93. The molecule has 2 atom stereocenters. The molecule has 2 saturated heterocycles. The SMILES string of the molecule is N[C@H](C(=O)N1CCCC1)N(C(=O)C1COCN1C(=O)OCc1ccccc1)C1CCCCC1. The fourth-order valence-electron chi connectivity index (χ4n) is 4.95. The molecule has 2 heterocycles. The monoisotopic (exact) mass is 458 g/mol. The van der Waals surface area contributed by atoms with Crippen molar-refractivity contribution in [2.45, 2.75) is 69.8 Å². The number of nitrogens with zero attached hydrogens (tertiary/aromatic N) is 3. The second-order valence-electron chi connectivity index (χ2n) is 9.04. The molecule has 1 aromatic rings. The van der Waals surface area contributed by atoms with Crippen LogP contribution in [0.3, 0.4) is 0 Å². The number of carbonyl (C=O) groups is 3. The van der Waals surface area contributed by atoms with Crippen LogP contribution in [0.5, 0.6) is 0 Å². The number of amides is 3. The second-order valence-corrected chi connectivity index (χ2v) is 9.04. The van der Waals surface area contributed by atoms with Crippen LogP contribution in [-0.4, -0.2) is 77.3 Å². The van der Waals surface area contributed by atoms with E-state index in [1.165, 1.54) is 9.80 Å². The van der Waals surface area contributed by atoms with Crippen LogP contribution >= 0.6 is 0 Å². The molecule has 180 valence electrons. The summed E-state index contributed by atoms with van der Waals surface area (Å²) >= 11 is 0. The lowest BCUT2D eigenvalue weighted by Crippen LogP contribution is -2.62. The van der Waals surface area contributed by atoms with E-state index in [9.17, 15) is 14.4 Å². The smallest absolute Gasteiger partial charge is 0.412 e. The summed E-state index contributed by atoms with van der Waals surface area (Å²) in [5.74, 6) is -0.556. The van der Waals surface area contributed by atoms with Gasteiger partial charge in [-0.3, -0.25) is 14.5 Å². The Hall–Kier alpha value is -2.65. The maximum absolute atomic E-state index is 13.7. The van der Waals surface area contributed by atoms with E-state index in [0.717, 1.165) is 50.5 Å². The first-order valence-corrected chi connectivity index (χ1v) is 12.0. The second kappa shape index (κ2) is 11.0. The van der Waals surface area contributed by atoms with Gasteiger partial charge in [0.2, 0.25) is 5.91 Å². The van der Waals surface area contributed by atoms with E-state index in [1.54, 1.807) is 4.90 Å². The van der Waals surface area contributed by atoms with Crippen molar-refractivity contribution in [3.05, 3.63) is 35.9 Å². The van der Waals surface area contributed by atoms with E-state index in [0.29, 0.717) is 13.1 Å². The van der Waals surface area contributed by atoms with Gasteiger partial charge >= 0.3 is 6.09 Å². The number of nitrogens with two attached hydrogens (primary N) is 1. The van der Waals surface area contributed by atoms with Crippen molar-refractivity contribution < 1.29 is 23.9 Å². The third-order valence-electron chi connectivity index (χ3n) is 6.80. The molecule has 0 aromatic heterocycles. The van der Waals surface area contributed by atoms with Crippen LogP contribution in [0.25, 0.3) is 0 Å². The Kier molecular flexibility index (Phi) is 7.82. The third-order valence-corrected chi connectivity index (χ3v) is 6.80. The van der Waals surface area contributed by atoms with Crippen LogP contribution in [0, 0.1) is 0 Å². The summed E-state index contributed by atoms with van der Waals surface area (Å²) < 4.78 is 10.9. The summed E-state index contributed by atoms with van der Waals surface area (Å²) in [4.78, 5) is 44.2. The lowest BCUT2D eigenvalue weighted by atomic mass is 9.93. The van der Waals surface area contributed by atoms with E-state index in [4.69, 9.17) is 15.2 Å². The number of carbonyl (C=O) groups excluding carboxylic acids is 3. The highest BCUT2D eigenvalue weighted by Crippen LogP contribution is 2.27. The van der Waals surface area contributed by atoms with E-state index in [-0.39, 0.29) is 37.8 Å². The van der Waals surface area contributed by atoms with Crippen LogP contribution < -0.4 is 5.73 Å². The molecule has 0 radical (unpaired) electrons. The molecule has 0 bridgehead atoms. The van der Waals surface area contributed by atoms with Crippen molar-refractivity contribution in [2.75, 3.05) is 26.4 Å². The zero-order valence-electron chi connectivity index (χ0n) is 19.1. The van der Waals surface area contributed by atoms with Crippen molar-refractivity contribution >= 4 is 17.9 Å².